The second-order valence-electron chi connectivity index (χ2n) is 8.37. The summed E-state index contributed by atoms with van der Waals surface area (Å²) in [4.78, 5) is 27.9. The summed E-state index contributed by atoms with van der Waals surface area (Å²) in [5, 5.41) is 0. The number of hydrogen-bond donors (Lipinski definition) is 0. The topological polar surface area (TPSA) is 34.1 Å². The third-order valence-electron chi connectivity index (χ3n) is 6.25. The van der Waals surface area contributed by atoms with Crippen LogP contribution in [0.1, 0.15) is 31.4 Å². The van der Waals surface area contributed by atoms with Gasteiger partial charge in [0.15, 0.2) is 0 Å². The molecule has 2 atom stereocenters. The second kappa shape index (κ2) is 6.70. The van der Waals surface area contributed by atoms with Gasteiger partial charge in [-0.15, -0.1) is 4.48 Å². The lowest BCUT2D eigenvalue weighted by molar-refractivity contribution is -0.894. The summed E-state index contributed by atoms with van der Waals surface area (Å²) in [7, 11) is 5.55. The molecule has 0 radical (unpaired) electrons. The molecule has 142 valence electrons. The molecule has 1 saturated heterocycles. The molecule has 1 aliphatic rings. The molecular formula is C23H30N2O2+2. The third kappa shape index (κ3) is 2.59. The molecule has 0 aliphatic carbocycles. The van der Waals surface area contributed by atoms with Gasteiger partial charge in [-0.2, -0.15) is 9.28 Å². The van der Waals surface area contributed by atoms with E-state index in [1.165, 1.54) is 0 Å². The summed E-state index contributed by atoms with van der Waals surface area (Å²) >= 11 is 0. The van der Waals surface area contributed by atoms with E-state index in [1.54, 1.807) is 7.05 Å². The van der Waals surface area contributed by atoms with Crippen LogP contribution in [0, 0.1) is 5.92 Å². The van der Waals surface area contributed by atoms with Crippen molar-refractivity contribution >= 4 is 11.9 Å². The Hall–Kier alpha value is -2.30. The molecule has 0 spiro atoms. The number of amides is 3. The summed E-state index contributed by atoms with van der Waals surface area (Å²) in [5.74, 6) is 0.237. The molecule has 2 aromatic carbocycles. The van der Waals surface area contributed by atoms with Gasteiger partial charge < -0.3 is 0 Å². The molecule has 3 amide bonds. The van der Waals surface area contributed by atoms with Gasteiger partial charge in [-0.3, -0.25) is 0 Å². The van der Waals surface area contributed by atoms with Crippen molar-refractivity contribution in [3.05, 3.63) is 71.8 Å². The van der Waals surface area contributed by atoms with Gasteiger partial charge in [0.25, 0.3) is 5.54 Å². The van der Waals surface area contributed by atoms with Gasteiger partial charge >= 0.3 is 11.9 Å². The summed E-state index contributed by atoms with van der Waals surface area (Å²) in [6.45, 7) is 4.73. The molecule has 1 heterocycles. The first-order chi connectivity index (χ1) is 12.7. The van der Waals surface area contributed by atoms with Gasteiger partial charge in [0.1, 0.15) is 6.54 Å². The fourth-order valence-corrected chi connectivity index (χ4v) is 4.71. The summed E-state index contributed by atoms with van der Waals surface area (Å²) < 4.78 is -0.196. The van der Waals surface area contributed by atoms with E-state index < -0.39 is 5.54 Å². The highest BCUT2D eigenvalue weighted by molar-refractivity contribution is 5.96. The van der Waals surface area contributed by atoms with Crippen LogP contribution in [0.5, 0.6) is 0 Å². The molecule has 2 aromatic rings. The van der Waals surface area contributed by atoms with Crippen LogP contribution in [0.25, 0.3) is 0 Å². The zero-order chi connectivity index (χ0) is 19.9. The van der Waals surface area contributed by atoms with Crippen LogP contribution in [-0.4, -0.2) is 48.6 Å². The first-order valence-corrected chi connectivity index (χ1v) is 9.63. The molecule has 0 saturated carbocycles. The van der Waals surface area contributed by atoms with Gasteiger partial charge in [0.2, 0.25) is 0 Å². The second-order valence-corrected chi connectivity index (χ2v) is 8.37. The minimum Gasteiger partial charge on any atom is -0.222 e. The number of rotatable bonds is 5. The number of nitrogens with zero attached hydrogens (tertiary/aromatic N) is 2. The largest absolute Gasteiger partial charge is 0.522 e. The van der Waals surface area contributed by atoms with Crippen molar-refractivity contribution in [2.75, 3.05) is 27.7 Å². The standard InChI is InChI=1S/C23H30N2O2/c1-6-18(2)17-25(5)21(26)23(24(3,4)22(25)27,19-13-9-7-10-14-19)20-15-11-8-12-16-20/h7-16,18H,6,17H2,1-5H3/q+2. The highest BCUT2D eigenvalue weighted by Gasteiger charge is 2.77. The lowest BCUT2D eigenvalue weighted by Gasteiger charge is -2.35. The van der Waals surface area contributed by atoms with E-state index in [2.05, 4.69) is 13.8 Å². The first-order valence-electron chi connectivity index (χ1n) is 9.63. The van der Waals surface area contributed by atoms with E-state index in [1.807, 2.05) is 74.8 Å². The zero-order valence-corrected chi connectivity index (χ0v) is 17.0. The monoisotopic (exact) mass is 366 g/mol. The first kappa shape index (κ1) is 19.5. The van der Waals surface area contributed by atoms with Crippen LogP contribution in [-0.2, 0) is 10.3 Å². The maximum atomic E-state index is 14.2. The summed E-state index contributed by atoms with van der Waals surface area (Å²) in [6, 6.07) is 19.5. The van der Waals surface area contributed by atoms with Gasteiger partial charge in [-0.25, -0.2) is 4.79 Å². The maximum Gasteiger partial charge on any atom is 0.522 e. The van der Waals surface area contributed by atoms with Crippen LogP contribution < -0.4 is 0 Å². The molecule has 2 unspecified atom stereocenters. The normalized spacial score (nSPS) is 24.8. The number of benzene rings is 2. The van der Waals surface area contributed by atoms with E-state index in [-0.39, 0.29) is 26.8 Å². The van der Waals surface area contributed by atoms with E-state index in [9.17, 15) is 9.59 Å². The number of carbonyl (C=O) groups excluding carboxylic acids is 2. The van der Waals surface area contributed by atoms with Crippen LogP contribution in [0.2, 0.25) is 0 Å². The lowest BCUT2D eigenvalue weighted by Crippen LogP contribution is -2.58. The van der Waals surface area contributed by atoms with E-state index >= 15 is 0 Å². The number of quaternary nitrogens is 2. The van der Waals surface area contributed by atoms with E-state index in [4.69, 9.17) is 0 Å². The fraction of sp³-hybridized carbons (Fsp3) is 0.391. The quantitative estimate of drug-likeness (QED) is 0.588. The Kier molecular flexibility index (Phi) is 4.83. The van der Waals surface area contributed by atoms with Crippen LogP contribution >= 0.6 is 0 Å². The maximum absolute atomic E-state index is 14.2. The van der Waals surface area contributed by atoms with Crippen LogP contribution in [0.15, 0.2) is 60.7 Å². The fourth-order valence-electron chi connectivity index (χ4n) is 4.71. The van der Waals surface area contributed by atoms with Crippen molar-refractivity contribution < 1.29 is 18.6 Å². The number of carbonyl (C=O) groups is 2. The van der Waals surface area contributed by atoms with Gasteiger partial charge in [0, 0.05) is 17.0 Å². The predicted octanol–water partition coefficient (Wildman–Crippen LogP) is 4.16. The van der Waals surface area contributed by atoms with Crippen molar-refractivity contribution in [3.8, 4) is 0 Å². The highest BCUT2D eigenvalue weighted by Crippen LogP contribution is 2.49. The molecule has 0 N–H and O–H groups in total. The Balaban J connectivity index is 2.33. The van der Waals surface area contributed by atoms with Gasteiger partial charge in [-0.1, -0.05) is 74.5 Å². The molecule has 3 rings (SSSR count). The number of hydrogen-bond acceptors (Lipinski definition) is 2. The molecule has 0 bridgehead atoms. The Labute approximate surface area is 162 Å². The van der Waals surface area contributed by atoms with Gasteiger partial charge in [-0.05, 0) is 6.42 Å². The number of likely N-dealkylation sites (N-methyl/N-ethyl adjacent to an activating group) is 2. The van der Waals surface area contributed by atoms with Gasteiger partial charge in [0.05, 0.1) is 21.1 Å². The summed E-state index contributed by atoms with van der Waals surface area (Å²) in [6.07, 6.45) is 0.936. The predicted molar refractivity (Wildman–Crippen MR) is 107 cm³/mol. The Morgan fingerprint density at radius 2 is 1.30 bits per heavy atom. The SMILES string of the molecule is CCC(C)C[N+]1(C)C(=O)C(c2ccccc2)(c2ccccc2)[N+](C)(C)C1=O. The molecule has 27 heavy (non-hydrogen) atoms. The molecular weight excluding hydrogens is 336 g/mol. The molecule has 4 heteroatoms. The average molecular weight is 367 g/mol. The van der Waals surface area contributed by atoms with E-state index in [0.29, 0.717) is 6.54 Å². The Morgan fingerprint density at radius 3 is 1.70 bits per heavy atom. The summed E-state index contributed by atoms with van der Waals surface area (Å²) in [5.41, 5.74) is 0.679. The van der Waals surface area contributed by atoms with Crippen molar-refractivity contribution in [3.63, 3.8) is 0 Å². The van der Waals surface area contributed by atoms with Crippen LogP contribution in [0.4, 0.5) is 4.79 Å². The highest BCUT2D eigenvalue weighted by atomic mass is 16.2. The number of urea groups is 1. The van der Waals surface area contributed by atoms with Crippen molar-refractivity contribution in [2.45, 2.75) is 25.8 Å². The molecule has 1 fully saturated rings. The van der Waals surface area contributed by atoms with Crippen molar-refractivity contribution in [1.82, 2.24) is 0 Å². The smallest absolute Gasteiger partial charge is 0.222 e. The van der Waals surface area contributed by atoms with Crippen molar-refractivity contribution in [1.29, 1.82) is 0 Å². The minimum absolute atomic E-state index is 0.0210. The molecule has 0 aromatic heterocycles. The number of imide groups is 1. The van der Waals surface area contributed by atoms with Crippen LogP contribution in [0.3, 0.4) is 0 Å². The lowest BCUT2D eigenvalue weighted by atomic mass is 9.79. The minimum atomic E-state index is -1.05. The third-order valence-corrected chi connectivity index (χ3v) is 6.25. The van der Waals surface area contributed by atoms with E-state index in [0.717, 1.165) is 17.5 Å². The Bertz CT molecular complexity index is 806. The zero-order valence-electron chi connectivity index (χ0n) is 17.0. The Morgan fingerprint density at radius 1 is 0.852 bits per heavy atom. The van der Waals surface area contributed by atoms with Crippen molar-refractivity contribution in [2.24, 2.45) is 5.92 Å². The average Bonchev–Trinajstić information content (AvgIpc) is 2.79. The molecule has 4 nitrogen and oxygen atoms in total. The molecule has 1 aliphatic heterocycles.